The summed E-state index contributed by atoms with van der Waals surface area (Å²) in [7, 11) is 0. The van der Waals surface area contributed by atoms with Crippen LogP contribution in [0.25, 0.3) is 10.9 Å². The van der Waals surface area contributed by atoms with E-state index in [0.717, 1.165) is 24.0 Å². The van der Waals surface area contributed by atoms with Crippen LogP contribution in [0.4, 0.5) is 0 Å². The fraction of sp³-hybridized carbons (Fsp3) is 0.444. The molecule has 1 fully saturated rings. The zero-order chi connectivity index (χ0) is 17.1. The van der Waals surface area contributed by atoms with Gasteiger partial charge in [0.05, 0.1) is 6.54 Å². The van der Waals surface area contributed by atoms with Gasteiger partial charge >= 0.3 is 0 Å². The van der Waals surface area contributed by atoms with E-state index in [0.29, 0.717) is 25.3 Å². The van der Waals surface area contributed by atoms with Crippen molar-refractivity contribution in [3.63, 3.8) is 0 Å². The highest BCUT2D eigenvalue weighted by Gasteiger charge is 2.24. The molecule has 6 nitrogen and oxygen atoms in total. The van der Waals surface area contributed by atoms with Gasteiger partial charge in [-0.1, -0.05) is 18.2 Å². The summed E-state index contributed by atoms with van der Waals surface area (Å²) in [6, 6.07) is 9.94. The lowest BCUT2D eigenvalue weighted by atomic mass is 10.2. The van der Waals surface area contributed by atoms with Crippen LogP contribution in [0.3, 0.4) is 0 Å². The highest BCUT2D eigenvalue weighted by atomic mass is 16.2. The number of piperazine rings is 1. The number of nitrogens with zero attached hydrogens (tertiary/aromatic N) is 2. The fourth-order valence-electron chi connectivity index (χ4n) is 3.04. The lowest BCUT2D eigenvalue weighted by molar-refractivity contribution is -0.123. The van der Waals surface area contributed by atoms with E-state index in [2.05, 4.69) is 15.2 Å². The van der Waals surface area contributed by atoms with Gasteiger partial charge in [-0.15, -0.1) is 0 Å². The smallest absolute Gasteiger partial charge is 0.270 e. The Balaban J connectivity index is 1.56. The molecule has 0 atom stereocenters. The first-order chi connectivity index (χ1) is 11.5. The number of nitrogens with one attached hydrogen (secondary N) is 2. The molecule has 2 N–H and O–H groups in total. The second-order valence-electron chi connectivity index (χ2n) is 6.56. The Hall–Kier alpha value is -2.34. The molecule has 6 heteroatoms. The largest absolute Gasteiger partial charge is 0.353 e. The lowest BCUT2D eigenvalue weighted by Gasteiger charge is -2.34. The summed E-state index contributed by atoms with van der Waals surface area (Å²) in [4.78, 5) is 31.6. The van der Waals surface area contributed by atoms with Gasteiger partial charge in [0, 0.05) is 43.1 Å². The number of H-pyrrole nitrogens is 1. The predicted molar refractivity (Wildman–Crippen MR) is 93.9 cm³/mol. The topological polar surface area (TPSA) is 68.4 Å². The number of aromatic nitrogens is 1. The molecule has 1 aliphatic rings. The Morgan fingerprint density at radius 3 is 2.54 bits per heavy atom. The lowest BCUT2D eigenvalue weighted by Crippen LogP contribution is -2.51. The normalized spacial score (nSPS) is 15.9. The summed E-state index contributed by atoms with van der Waals surface area (Å²) < 4.78 is 0. The van der Waals surface area contributed by atoms with Gasteiger partial charge in [0.25, 0.3) is 5.91 Å². The van der Waals surface area contributed by atoms with Crippen LogP contribution < -0.4 is 5.32 Å². The van der Waals surface area contributed by atoms with Crippen LogP contribution in [0.2, 0.25) is 0 Å². The summed E-state index contributed by atoms with van der Waals surface area (Å²) in [6.45, 7) is 7.03. The van der Waals surface area contributed by atoms with Crippen LogP contribution in [0.1, 0.15) is 24.3 Å². The first-order valence-corrected chi connectivity index (χ1v) is 8.41. The number of hydrogen-bond acceptors (Lipinski definition) is 3. The van der Waals surface area contributed by atoms with Crippen LogP contribution in [0.15, 0.2) is 30.3 Å². The average molecular weight is 328 g/mol. The van der Waals surface area contributed by atoms with E-state index in [4.69, 9.17) is 0 Å². The maximum Gasteiger partial charge on any atom is 0.270 e. The minimum absolute atomic E-state index is 0.0254. The number of aromatic amines is 1. The second kappa shape index (κ2) is 7.05. The molecule has 0 bridgehead atoms. The van der Waals surface area contributed by atoms with E-state index in [9.17, 15) is 9.59 Å². The van der Waals surface area contributed by atoms with Crippen molar-refractivity contribution < 1.29 is 9.59 Å². The van der Waals surface area contributed by atoms with E-state index in [-0.39, 0.29) is 17.9 Å². The van der Waals surface area contributed by atoms with Gasteiger partial charge in [-0.2, -0.15) is 0 Å². The van der Waals surface area contributed by atoms with Crippen molar-refractivity contribution in [2.75, 3.05) is 32.7 Å². The number of amides is 2. The number of fused-ring (bicyclic) bond motifs is 1. The van der Waals surface area contributed by atoms with Crippen molar-refractivity contribution in [2.24, 2.45) is 0 Å². The Kier molecular flexibility index (Phi) is 4.85. The van der Waals surface area contributed by atoms with E-state index in [1.54, 1.807) is 0 Å². The molecule has 2 aromatic rings. The molecule has 1 saturated heterocycles. The maximum atomic E-state index is 12.6. The molecule has 3 rings (SSSR count). The van der Waals surface area contributed by atoms with Crippen LogP contribution >= 0.6 is 0 Å². The van der Waals surface area contributed by atoms with E-state index < -0.39 is 0 Å². The Morgan fingerprint density at radius 1 is 1.17 bits per heavy atom. The molecule has 1 aliphatic heterocycles. The molecule has 0 saturated carbocycles. The van der Waals surface area contributed by atoms with E-state index in [1.807, 2.05) is 49.1 Å². The Morgan fingerprint density at radius 2 is 1.88 bits per heavy atom. The number of rotatable bonds is 4. The summed E-state index contributed by atoms with van der Waals surface area (Å²) in [5.74, 6) is 0.0675. The molecule has 0 radical (unpaired) electrons. The summed E-state index contributed by atoms with van der Waals surface area (Å²) in [5, 5.41) is 3.94. The van der Waals surface area contributed by atoms with Gasteiger partial charge < -0.3 is 15.2 Å². The highest BCUT2D eigenvalue weighted by molar-refractivity contribution is 5.98. The van der Waals surface area contributed by atoms with Gasteiger partial charge in [-0.05, 0) is 26.0 Å². The molecule has 128 valence electrons. The SMILES string of the molecule is CC(C)NC(=O)CN1CCN(C(=O)c2cc3ccccc3[nH]2)CC1. The van der Waals surface area contributed by atoms with Crippen LogP contribution in [-0.2, 0) is 4.79 Å². The second-order valence-corrected chi connectivity index (χ2v) is 6.56. The third-order valence-corrected chi connectivity index (χ3v) is 4.24. The molecule has 2 amide bonds. The quantitative estimate of drug-likeness (QED) is 0.893. The van der Waals surface area contributed by atoms with Crippen LogP contribution in [-0.4, -0.2) is 65.4 Å². The third-order valence-electron chi connectivity index (χ3n) is 4.24. The Bertz CT molecular complexity index is 696. The predicted octanol–water partition coefficient (Wildman–Crippen LogP) is 1.45. The minimum atomic E-state index is 0.0254. The number of carbonyl (C=O) groups excluding carboxylic acids is 2. The first-order valence-electron chi connectivity index (χ1n) is 8.41. The number of para-hydroxylation sites is 1. The van der Waals surface area contributed by atoms with Gasteiger partial charge in [-0.25, -0.2) is 0 Å². The average Bonchev–Trinajstić information content (AvgIpc) is 2.98. The molecule has 1 aromatic carbocycles. The van der Waals surface area contributed by atoms with Crippen molar-refractivity contribution >= 4 is 22.7 Å². The fourth-order valence-corrected chi connectivity index (χ4v) is 3.04. The monoisotopic (exact) mass is 328 g/mol. The zero-order valence-corrected chi connectivity index (χ0v) is 14.2. The van der Waals surface area contributed by atoms with Gasteiger partial charge in [0.2, 0.25) is 5.91 Å². The molecule has 2 heterocycles. The van der Waals surface area contributed by atoms with Gasteiger partial charge in [0.1, 0.15) is 5.69 Å². The number of hydrogen-bond donors (Lipinski definition) is 2. The van der Waals surface area contributed by atoms with Crippen LogP contribution in [0, 0.1) is 0 Å². The molecule has 1 aromatic heterocycles. The van der Waals surface area contributed by atoms with Crippen LogP contribution in [0.5, 0.6) is 0 Å². The van der Waals surface area contributed by atoms with E-state index >= 15 is 0 Å². The van der Waals surface area contributed by atoms with Crippen molar-refractivity contribution in [2.45, 2.75) is 19.9 Å². The highest BCUT2D eigenvalue weighted by Crippen LogP contribution is 2.16. The van der Waals surface area contributed by atoms with Crippen molar-refractivity contribution in [1.29, 1.82) is 0 Å². The molecular weight excluding hydrogens is 304 g/mol. The molecule has 0 aliphatic carbocycles. The first kappa shape index (κ1) is 16.5. The molecule has 0 spiro atoms. The standard InChI is InChI=1S/C18H24N4O2/c1-13(2)19-17(23)12-21-7-9-22(10-8-21)18(24)16-11-14-5-3-4-6-15(14)20-16/h3-6,11,13,20H,7-10,12H2,1-2H3,(H,19,23). The molecule has 0 unspecified atom stereocenters. The van der Waals surface area contributed by atoms with E-state index in [1.165, 1.54) is 0 Å². The number of carbonyl (C=O) groups is 2. The van der Waals surface area contributed by atoms with Crippen molar-refractivity contribution in [3.05, 3.63) is 36.0 Å². The summed E-state index contributed by atoms with van der Waals surface area (Å²) >= 11 is 0. The third kappa shape index (κ3) is 3.76. The molecular formula is C18H24N4O2. The number of benzene rings is 1. The Labute approximate surface area is 141 Å². The van der Waals surface area contributed by atoms with Crippen molar-refractivity contribution in [1.82, 2.24) is 20.1 Å². The minimum Gasteiger partial charge on any atom is -0.353 e. The summed E-state index contributed by atoms with van der Waals surface area (Å²) in [5.41, 5.74) is 1.60. The molecule has 24 heavy (non-hydrogen) atoms. The van der Waals surface area contributed by atoms with Crippen molar-refractivity contribution in [3.8, 4) is 0 Å². The zero-order valence-electron chi connectivity index (χ0n) is 14.2. The van der Waals surface area contributed by atoms with Gasteiger partial charge in [0.15, 0.2) is 0 Å². The summed E-state index contributed by atoms with van der Waals surface area (Å²) in [6.07, 6.45) is 0. The van der Waals surface area contributed by atoms with Gasteiger partial charge in [-0.3, -0.25) is 14.5 Å². The maximum absolute atomic E-state index is 12.6.